The number of rotatable bonds is 3. The van der Waals surface area contributed by atoms with Crippen LogP contribution in [0.15, 0.2) is 36.5 Å². The fourth-order valence-electron chi connectivity index (χ4n) is 6.24. The molecular formula is C25H31ClN4. The molecule has 2 fully saturated rings. The van der Waals surface area contributed by atoms with Crippen molar-refractivity contribution < 1.29 is 0 Å². The number of nitrogens with zero attached hydrogens (tertiary/aromatic N) is 3. The average Bonchev–Trinajstić information content (AvgIpc) is 3.11. The zero-order valence-corrected chi connectivity index (χ0v) is 19.1. The van der Waals surface area contributed by atoms with Gasteiger partial charge in [-0.3, -0.25) is 4.90 Å². The van der Waals surface area contributed by atoms with E-state index >= 15 is 0 Å². The van der Waals surface area contributed by atoms with E-state index in [-0.39, 0.29) is 0 Å². The SMILES string of the molecule is Cc1cc(-c2nc3ccc(N)cn3c2CN2CC3(C)CC2CC(C)(C)C3)ccc1Cl. The van der Waals surface area contributed by atoms with E-state index in [1.807, 2.05) is 31.3 Å². The first-order valence-electron chi connectivity index (χ1n) is 10.9. The highest BCUT2D eigenvalue weighted by molar-refractivity contribution is 6.31. The lowest BCUT2D eigenvalue weighted by molar-refractivity contribution is 0.126. The van der Waals surface area contributed by atoms with Crippen LogP contribution in [0, 0.1) is 17.8 Å². The highest BCUT2D eigenvalue weighted by Gasteiger charge is 2.49. The first-order chi connectivity index (χ1) is 14.1. The fourth-order valence-corrected chi connectivity index (χ4v) is 6.36. The topological polar surface area (TPSA) is 46.6 Å². The number of hydrogen-bond acceptors (Lipinski definition) is 3. The Labute approximate surface area is 184 Å². The minimum Gasteiger partial charge on any atom is -0.398 e. The minimum absolute atomic E-state index is 0.406. The van der Waals surface area contributed by atoms with Gasteiger partial charge in [0.15, 0.2) is 0 Å². The van der Waals surface area contributed by atoms with Gasteiger partial charge >= 0.3 is 0 Å². The monoisotopic (exact) mass is 422 g/mol. The van der Waals surface area contributed by atoms with Gasteiger partial charge < -0.3 is 10.1 Å². The Hall–Kier alpha value is -2.04. The van der Waals surface area contributed by atoms with Crippen LogP contribution in [0.1, 0.15) is 51.3 Å². The van der Waals surface area contributed by atoms with Crippen LogP contribution in [0.5, 0.6) is 0 Å². The van der Waals surface area contributed by atoms with E-state index in [1.54, 1.807) is 0 Å². The van der Waals surface area contributed by atoms with Crippen LogP contribution < -0.4 is 5.73 Å². The summed E-state index contributed by atoms with van der Waals surface area (Å²) >= 11 is 6.30. The van der Waals surface area contributed by atoms with E-state index in [0.717, 1.165) is 46.3 Å². The van der Waals surface area contributed by atoms with Crippen LogP contribution >= 0.6 is 11.6 Å². The number of imidazole rings is 1. The Morgan fingerprint density at radius 1 is 1.17 bits per heavy atom. The van der Waals surface area contributed by atoms with Crippen molar-refractivity contribution in [3.63, 3.8) is 0 Å². The fraction of sp³-hybridized carbons (Fsp3) is 0.480. The van der Waals surface area contributed by atoms with Gasteiger partial charge in [0, 0.05) is 41.6 Å². The van der Waals surface area contributed by atoms with Gasteiger partial charge in [-0.25, -0.2) is 4.98 Å². The lowest BCUT2D eigenvalue weighted by atomic mass is 9.65. The molecule has 0 radical (unpaired) electrons. The maximum atomic E-state index is 6.30. The standard InChI is InChI=1S/C25H31ClN4/c1-16-9-17(5-7-20(16)26)23-21(30-12-18(27)6-8-22(30)28-23)13-29-15-25(4)11-19(29)10-24(2,3)14-25/h5-9,12,19H,10-11,13-15,27H2,1-4H3. The molecule has 2 unspecified atom stereocenters. The molecule has 0 spiro atoms. The summed E-state index contributed by atoms with van der Waals surface area (Å²) in [5, 5.41) is 0.789. The number of aromatic nitrogens is 2. The number of anilines is 1. The summed E-state index contributed by atoms with van der Waals surface area (Å²) < 4.78 is 2.18. The lowest BCUT2D eigenvalue weighted by Crippen LogP contribution is -2.34. The van der Waals surface area contributed by atoms with Crippen molar-refractivity contribution in [2.45, 2.75) is 59.5 Å². The van der Waals surface area contributed by atoms with Crippen LogP contribution in [-0.4, -0.2) is 26.9 Å². The largest absolute Gasteiger partial charge is 0.398 e. The molecule has 2 N–H and O–H groups in total. The smallest absolute Gasteiger partial charge is 0.137 e. The van der Waals surface area contributed by atoms with E-state index in [1.165, 1.54) is 25.0 Å². The summed E-state index contributed by atoms with van der Waals surface area (Å²) in [5.41, 5.74) is 13.1. The summed E-state index contributed by atoms with van der Waals surface area (Å²) in [5.74, 6) is 0. The Morgan fingerprint density at radius 2 is 1.97 bits per heavy atom. The second-order valence-electron chi connectivity index (χ2n) is 10.7. The highest BCUT2D eigenvalue weighted by Crippen LogP contribution is 2.53. The van der Waals surface area contributed by atoms with Crippen molar-refractivity contribution in [2.24, 2.45) is 10.8 Å². The quantitative estimate of drug-likeness (QED) is 0.567. The third-order valence-corrected chi connectivity index (χ3v) is 7.47. The Balaban J connectivity index is 1.59. The number of nitrogens with two attached hydrogens (primary N) is 1. The normalized spacial score (nSPS) is 25.8. The molecule has 0 amide bonds. The molecule has 1 aliphatic carbocycles. The van der Waals surface area contributed by atoms with Gasteiger partial charge in [-0.05, 0) is 66.8 Å². The third kappa shape index (κ3) is 3.40. The maximum absolute atomic E-state index is 6.30. The summed E-state index contributed by atoms with van der Waals surface area (Å²) in [6, 6.07) is 10.8. The molecule has 30 heavy (non-hydrogen) atoms. The summed E-state index contributed by atoms with van der Waals surface area (Å²) in [7, 11) is 0. The van der Waals surface area contributed by atoms with Crippen LogP contribution in [0.2, 0.25) is 5.02 Å². The molecule has 4 nitrogen and oxygen atoms in total. The summed E-state index contributed by atoms with van der Waals surface area (Å²) in [4.78, 5) is 7.69. The van der Waals surface area contributed by atoms with E-state index in [4.69, 9.17) is 22.3 Å². The molecule has 1 aromatic carbocycles. The summed E-state index contributed by atoms with van der Waals surface area (Å²) in [6.45, 7) is 11.4. The average molecular weight is 423 g/mol. The molecule has 1 saturated carbocycles. The number of likely N-dealkylation sites (tertiary alicyclic amines) is 1. The Kier molecular flexibility index (Phi) is 4.46. The molecule has 2 aliphatic rings. The zero-order chi connectivity index (χ0) is 21.3. The van der Waals surface area contributed by atoms with Crippen molar-refractivity contribution in [3.8, 4) is 11.3 Å². The molecule has 1 aliphatic heterocycles. The second-order valence-corrected chi connectivity index (χ2v) is 11.1. The molecule has 5 heteroatoms. The molecule has 1 saturated heterocycles. The molecule has 5 rings (SSSR count). The number of pyridine rings is 1. The molecule has 2 bridgehead atoms. The Morgan fingerprint density at radius 3 is 2.73 bits per heavy atom. The highest BCUT2D eigenvalue weighted by atomic mass is 35.5. The van der Waals surface area contributed by atoms with Crippen LogP contribution in [0.3, 0.4) is 0 Å². The van der Waals surface area contributed by atoms with Crippen LogP contribution in [-0.2, 0) is 6.54 Å². The molecule has 2 aromatic heterocycles. The van der Waals surface area contributed by atoms with Gasteiger partial charge in [-0.1, -0.05) is 38.4 Å². The number of nitrogen functional groups attached to an aromatic ring is 1. The van der Waals surface area contributed by atoms with E-state index in [2.05, 4.69) is 42.2 Å². The predicted molar refractivity (Wildman–Crippen MR) is 125 cm³/mol. The van der Waals surface area contributed by atoms with Gasteiger partial charge in [0.05, 0.1) is 11.4 Å². The van der Waals surface area contributed by atoms with E-state index < -0.39 is 0 Å². The van der Waals surface area contributed by atoms with Gasteiger partial charge in [-0.15, -0.1) is 0 Å². The first kappa shape index (κ1) is 19.9. The number of benzene rings is 1. The molecular weight excluding hydrogens is 392 g/mol. The maximum Gasteiger partial charge on any atom is 0.137 e. The molecule has 3 aromatic rings. The predicted octanol–water partition coefficient (Wildman–Crippen LogP) is 5.95. The number of aryl methyl sites for hydroxylation is 1. The van der Waals surface area contributed by atoms with Gasteiger partial charge in [0.2, 0.25) is 0 Å². The van der Waals surface area contributed by atoms with Crippen LogP contribution in [0.4, 0.5) is 5.69 Å². The van der Waals surface area contributed by atoms with Crippen molar-refractivity contribution in [1.82, 2.24) is 14.3 Å². The number of hydrogen-bond donors (Lipinski definition) is 1. The van der Waals surface area contributed by atoms with E-state index in [9.17, 15) is 0 Å². The molecule has 158 valence electrons. The van der Waals surface area contributed by atoms with Crippen molar-refractivity contribution in [1.29, 1.82) is 0 Å². The number of fused-ring (bicyclic) bond motifs is 3. The third-order valence-electron chi connectivity index (χ3n) is 7.05. The van der Waals surface area contributed by atoms with E-state index in [0.29, 0.717) is 16.9 Å². The minimum atomic E-state index is 0.406. The van der Waals surface area contributed by atoms with Gasteiger partial charge in [0.1, 0.15) is 5.65 Å². The molecule has 2 atom stereocenters. The van der Waals surface area contributed by atoms with Gasteiger partial charge in [0.25, 0.3) is 0 Å². The lowest BCUT2D eigenvalue weighted by Gasteiger charge is -2.40. The summed E-state index contributed by atoms with van der Waals surface area (Å²) in [6.07, 6.45) is 5.87. The van der Waals surface area contributed by atoms with Crippen molar-refractivity contribution >= 4 is 22.9 Å². The second kappa shape index (κ2) is 6.73. The van der Waals surface area contributed by atoms with Gasteiger partial charge in [-0.2, -0.15) is 0 Å². The Bertz CT molecular complexity index is 1130. The zero-order valence-electron chi connectivity index (χ0n) is 18.4. The van der Waals surface area contributed by atoms with Crippen molar-refractivity contribution in [2.75, 3.05) is 12.3 Å². The van der Waals surface area contributed by atoms with Crippen LogP contribution in [0.25, 0.3) is 16.9 Å². The number of halogens is 1. The first-order valence-corrected chi connectivity index (χ1v) is 11.3. The van der Waals surface area contributed by atoms with Crippen molar-refractivity contribution in [3.05, 3.63) is 52.8 Å². The molecule has 3 heterocycles.